The lowest BCUT2D eigenvalue weighted by atomic mass is 9.47. The molecule has 5 saturated heterocycles. The summed E-state index contributed by atoms with van der Waals surface area (Å²) in [7, 11) is 0. The van der Waals surface area contributed by atoms with E-state index in [-0.39, 0.29) is 22.5 Å². The lowest BCUT2D eigenvalue weighted by Crippen LogP contribution is -2.66. The first-order chi connectivity index (χ1) is 29.2. The predicted octanol–water partition coefficient (Wildman–Crippen LogP) is 1.63. The molecule has 0 aromatic rings. The summed E-state index contributed by atoms with van der Waals surface area (Å²) in [5.74, 6) is 2.44. The average Bonchev–Trinajstić information content (AvgIpc) is 3.61. The first-order valence-corrected chi connectivity index (χ1v) is 23.6. The van der Waals surface area contributed by atoms with Gasteiger partial charge < -0.3 is 78.7 Å². The van der Waals surface area contributed by atoms with Crippen LogP contribution in [0.15, 0.2) is 11.6 Å². The summed E-state index contributed by atoms with van der Waals surface area (Å²) < 4.78 is 50.4. The molecule has 1 spiro atoms. The van der Waals surface area contributed by atoms with Gasteiger partial charge in [0.05, 0.1) is 37.1 Å². The van der Waals surface area contributed by atoms with Gasteiger partial charge in [-0.1, -0.05) is 39.3 Å². The maximum atomic E-state index is 12.0. The maximum absolute atomic E-state index is 12.0. The molecule has 62 heavy (non-hydrogen) atoms. The van der Waals surface area contributed by atoms with Gasteiger partial charge in [0.25, 0.3) is 0 Å². The zero-order valence-corrected chi connectivity index (χ0v) is 37.4. The first-order valence-electron chi connectivity index (χ1n) is 23.6. The van der Waals surface area contributed by atoms with E-state index >= 15 is 0 Å². The number of rotatable bonds is 7. The quantitative estimate of drug-likeness (QED) is 0.170. The fourth-order valence-corrected chi connectivity index (χ4v) is 14.6. The van der Waals surface area contributed by atoms with Crippen LogP contribution in [0.1, 0.15) is 106 Å². The van der Waals surface area contributed by atoms with Crippen LogP contribution >= 0.6 is 0 Å². The highest BCUT2D eigenvalue weighted by Gasteiger charge is 2.73. The topological polar surface area (TPSA) is 236 Å². The molecule has 0 radical (unpaired) electrons. The van der Waals surface area contributed by atoms with Crippen LogP contribution in [0.3, 0.4) is 0 Å². The second kappa shape index (κ2) is 16.7. The molecule has 5 aliphatic heterocycles. The van der Waals surface area contributed by atoms with E-state index < -0.39 is 105 Å². The first kappa shape index (κ1) is 46.2. The second-order valence-corrected chi connectivity index (χ2v) is 21.7. The van der Waals surface area contributed by atoms with E-state index in [0.29, 0.717) is 48.3 Å². The van der Waals surface area contributed by atoms with Crippen molar-refractivity contribution in [3.05, 3.63) is 11.6 Å². The SMILES string of the molecule is CC1CCC2(OC1)OC1(C)CC3C4CC=C5CC(OC6OC(CO)C(OC7OC(C)C(O)C(O)C7O)C(O)C6OC6OC(C)C(O)C(O)C6O)CCC5(C)C4CCC3(C)C1C2C. The summed E-state index contributed by atoms with van der Waals surface area (Å²) in [5.41, 5.74) is 1.26. The number of allylic oxidation sites excluding steroid dienone is 1. The summed E-state index contributed by atoms with van der Waals surface area (Å²) in [6.45, 7) is 15.1. The summed E-state index contributed by atoms with van der Waals surface area (Å²) in [4.78, 5) is 0. The molecule has 0 aromatic heterocycles. The Morgan fingerprint density at radius 1 is 0.677 bits per heavy atom. The van der Waals surface area contributed by atoms with Gasteiger partial charge in [-0.05, 0) is 107 Å². The number of aliphatic hydroxyl groups excluding tert-OH is 8. The van der Waals surface area contributed by atoms with E-state index in [1.165, 1.54) is 19.4 Å². The molecule has 5 heterocycles. The van der Waals surface area contributed by atoms with Crippen LogP contribution in [0.25, 0.3) is 0 Å². The van der Waals surface area contributed by atoms with E-state index in [2.05, 4.69) is 40.7 Å². The standard InChI is InChI=1S/C46H74O16/c1-20-10-15-46(55-19-20)21(2)39-44(6)14-12-27-26(28(44)17-45(39,7)62-46)9-8-24-16-25(11-13-43(24,27)5)58-42-38(61-41-35(53)33(51)31(49)23(4)57-41)36(54)37(29(18-47)59-42)60-40-34(52)32(50)30(48)22(3)56-40/h8,20-23,25-42,47-54H,9-19H2,1-7H3. The Balaban J connectivity index is 0.924. The molecule has 9 rings (SSSR count). The number of ether oxygens (including phenoxy) is 8. The number of aliphatic hydroxyl groups is 8. The zero-order valence-electron chi connectivity index (χ0n) is 37.4. The average molecular weight is 883 g/mol. The van der Waals surface area contributed by atoms with Crippen molar-refractivity contribution in [1.82, 2.24) is 0 Å². The Morgan fingerprint density at radius 2 is 1.32 bits per heavy atom. The highest BCUT2D eigenvalue weighted by molar-refractivity contribution is 5.27. The minimum absolute atomic E-state index is 0.0301. The lowest BCUT2D eigenvalue weighted by molar-refractivity contribution is -0.388. The van der Waals surface area contributed by atoms with Crippen LogP contribution in [0.2, 0.25) is 0 Å². The molecule has 26 unspecified atom stereocenters. The molecule has 354 valence electrons. The van der Waals surface area contributed by atoms with Crippen molar-refractivity contribution >= 4 is 0 Å². The molecule has 8 fully saturated rings. The molecular formula is C46H74O16. The fraction of sp³-hybridized carbons (Fsp3) is 0.957. The van der Waals surface area contributed by atoms with Crippen LogP contribution in [0.5, 0.6) is 0 Å². The van der Waals surface area contributed by atoms with Crippen molar-refractivity contribution in [2.75, 3.05) is 13.2 Å². The van der Waals surface area contributed by atoms with Gasteiger partial charge in [-0.15, -0.1) is 0 Å². The number of fused-ring (bicyclic) bond motifs is 7. The lowest BCUT2D eigenvalue weighted by Gasteiger charge is -2.58. The Labute approximate surface area is 365 Å². The molecule has 9 aliphatic rings. The Hall–Kier alpha value is -0.900. The van der Waals surface area contributed by atoms with Crippen molar-refractivity contribution in [2.24, 2.45) is 46.3 Å². The van der Waals surface area contributed by atoms with E-state index in [4.69, 9.17) is 37.9 Å². The summed E-state index contributed by atoms with van der Waals surface area (Å²) in [6.07, 6.45) is -10.7. The van der Waals surface area contributed by atoms with Crippen molar-refractivity contribution in [3.8, 4) is 0 Å². The van der Waals surface area contributed by atoms with Gasteiger partial charge in [-0.2, -0.15) is 0 Å². The second-order valence-electron chi connectivity index (χ2n) is 21.7. The Morgan fingerprint density at radius 3 is 1.94 bits per heavy atom. The summed E-state index contributed by atoms with van der Waals surface area (Å²) in [6, 6.07) is 0. The van der Waals surface area contributed by atoms with Gasteiger partial charge in [-0.25, -0.2) is 0 Å². The molecule has 0 amide bonds. The van der Waals surface area contributed by atoms with Gasteiger partial charge in [-0.3, -0.25) is 0 Å². The third-order valence-electron chi connectivity index (χ3n) is 18.0. The van der Waals surface area contributed by atoms with E-state index in [1.807, 2.05) is 0 Å². The van der Waals surface area contributed by atoms with Gasteiger partial charge in [0.2, 0.25) is 0 Å². The predicted molar refractivity (Wildman–Crippen MR) is 217 cm³/mol. The third-order valence-corrected chi connectivity index (χ3v) is 18.0. The van der Waals surface area contributed by atoms with E-state index in [0.717, 1.165) is 51.6 Å². The van der Waals surface area contributed by atoms with Crippen molar-refractivity contribution < 1.29 is 78.7 Å². The summed E-state index contributed by atoms with van der Waals surface area (Å²) >= 11 is 0. The molecule has 8 N–H and O–H groups in total. The van der Waals surface area contributed by atoms with Crippen LogP contribution in [-0.2, 0) is 37.9 Å². The highest BCUT2D eigenvalue weighted by Crippen LogP contribution is 2.73. The molecule has 0 aromatic carbocycles. The largest absolute Gasteiger partial charge is 0.394 e. The zero-order chi connectivity index (χ0) is 44.4. The van der Waals surface area contributed by atoms with Gasteiger partial charge in [0, 0.05) is 18.3 Å². The van der Waals surface area contributed by atoms with Crippen molar-refractivity contribution in [3.63, 3.8) is 0 Å². The van der Waals surface area contributed by atoms with Crippen molar-refractivity contribution in [1.29, 1.82) is 0 Å². The molecule has 4 aliphatic carbocycles. The van der Waals surface area contributed by atoms with Gasteiger partial charge in [0.1, 0.15) is 61.0 Å². The number of hydrogen-bond acceptors (Lipinski definition) is 16. The monoisotopic (exact) mass is 882 g/mol. The van der Waals surface area contributed by atoms with Crippen LogP contribution in [0, 0.1) is 46.3 Å². The normalized spacial score (nSPS) is 58.9. The molecule has 16 heteroatoms. The van der Waals surface area contributed by atoms with Gasteiger partial charge >= 0.3 is 0 Å². The number of hydrogen-bond donors (Lipinski definition) is 8. The van der Waals surface area contributed by atoms with E-state index in [1.54, 1.807) is 0 Å². The minimum Gasteiger partial charge on any atom is -0.394 e. The summed E-state index contributed by atoms with van der Waals surface area (Å²) in [5, 5.41) is 86.0. The molecular weight excluding hydrogens is 808 g/mol. The molecule has 16 nitrogen and oxygen atoms in total. The highest BCUT2D eigenvalue weighted by atomic mass is 16.8. The Bertz CT molecular complexity index is 1640. The van der Waals surface area contributed by atoms with Crippen molar-refractivity contribution in [2.45, 2.75) is 216 Å². The smallest absolute Gasteiger partial charge is 0.187 e. The molecule has 0 bridgehead atoms. The third kappa shape index (κ3) is 7.32. The van der Waals surface area contributed by atoms with Crippen LogP contribution in [0.4, 0.5) is 0 Å². The van der Waals surface area contributed by atoms with E-state index in [9.17, 15) is 40.9 Å². The fourth-order valence-electron chi connectivity index (χ4n) is 14.6. The van der Waals surface area contributed by atoms with Crippen LogP contribution in [-0.4, -0.2) is 164 Å². The Kier molecular flexibility index (Phi) is 12.5. The molecule has 3 saturated carbocycles. The maximum Gasteiger partial charge on any atom is 0.187 e. The van der Waals surface area contributed by atoms with Crippen LogP contribution < -0.4 is 0 Å². The van der Waals surface area contributed by atoms with Gasteiger partial charge in [0.15, 0.2) is 24.7 Å². The minimum atomic E-state index is -1.71. The molecule has 26 atom stereocenters.